The van der Waals surface area contributed by atoms with Gasteiger partial charge in [-0.05, 0) is 68.1 Å². The summed E-state index contributed by atoms with van der Waals surface area (Å²) in [6, 6.07) is 18.5. The molecule has 0 spiro atoms. The summed E-state index contributed by atoms with van der Waals surface area (Å²) in [7, 11) is 0. The normalized spacial score (nSPS) is 15.0. The van der Waals surface area contributed by atoms with E-state index in [1.54, 1.807) is 11.1 Å². The fourth-order valence-electron chi connectivity index (χ4n) is 4.13. The Morgan fingerprint density at radius 1 is 0.941 bits per heavy atom. The number of fused-ring (bicyclic) bond motifs is 1. The van der Waals surface area contributed by atoms with Crippen LogP contribution in [0.25, 0.3) is 0 Å². The summed E-state index contributed by atoms with van der Waals surface area (Å²) in [6.07, 6.45) is 4.21. The molecule has 1 amide bonds. The number of aliphatic hydroxyl groups excluding tert-OH is 1. The Morgan fingerprint density at radius 2 is 1.50 bits per heavy atom. The van der Waals surface area contributed by atoms with E-state index in [9.17, 15) is 15.0 Å². The van der Waals surface area contributed by atoms with Crippen LogP contribution in [0.1, 0.15) is 64.2 Å². The minimum atomic E-state index is -1.28. The Hall–Kier alpha value is -2.21. The van der Waals surface area contributed by atoms with Crippen LogP contribution in [0.15, 0.2) is 54.6 Å². The highest BCUT2D eigenvalue weighted by molar-refractivity contribution is 5.79. The molecule has 0 heterocycles. The van der Waals surface area contributed by atoms with Crippen LogP contribution in [0.5, 0.6) is 0 Å². The van der Waals surface area contributed by atoms with Gasteiger partial charge in [0.05, 0.1) is 6.10 Å². The van der Waals surface area contributed by atoms with Crippen molar-refractivity contribution in [3.8, 4) is 0 Å². The van der Waals surface area contributed by atoms with Crippen molar-refractivity contribution in [1.29, 1.82) is 0 Å². The number of carbonyl (C=O) groups is 1. The van der Waals surface area contributed by atoms with E-state index in [0.29, 0.717) is 19.4 Å². The van der Waals surface area contributed by atoms with Gasteiger partial charge in [-0.3, -0.25) is 4.79 Å². The fourth-order valence-corrected chi connectivity index (χ4v) is 4.13. The van der Waals surface area contributed by atoms with Gasteiger partial charge in [0.2, 0.25) is 5.91 Å². The molecule has 2 atom stereocenters. The number of rotatable bonds is 9. The molecule has 188 valence electrons. The number of amides is 1. The van der Waals surface area contributed by atoms with E-state index in [0.717, 1.165) is 12.1 Å². The quantitative estimate of drug-likeness (QED) is 0.415. The van der Waals surface area contributed by atoms with Crippen molar-refractivity contribution in [2.24, 2.45) is 11.3 Å². The summed E-state index contributed by atoms with van der Waals surface area (Å²) in [5.41, 5.74) is 3.03. The van der Waals surface area contributed by atoms with Gasteiger partial charge in [-0.2, -0.15) is 0 Å². The third-order valence-corrected chi connectivity index (χ3v) is 5.73. The second kappa shape index (κ2) is 13.0. The van der Waals surface area contributed by atoms with Crippen LogP contribution in [0, 0.1) is 11.3 Å². The van der Waals surface area contributed by atoms with Gasteiger partial charge in [-0.25, -0.2) is 0 Å². The van der Waals surface area contributed by atoms with Gasteiger partial charge in [0.15, 0.2) is 0 Å². The van der Waals surface area contributed by atoms with E-state index >= 15 is 0 Å². The molecule has 2 aromatic rings. The van der Waals surface area contributed by atoms with Crippen molar-refractivity contribution in [3.63, 3.8) is 0 Å². The third-order valence-electron chi connectivity index (χ3n) is 5.73. The maximum Gasteiger partial charge on any atom is 0.225 e. The van der Waals surface area contributed by atoms with Crippen molar-refractivity contribution in [2.45, 2.75) is 78.6 Å². The molecule has 0 aromatic heterocycles. The summed E-state index contributed by atoms with van der Waals surface area (Å²) in [5, 5.41) is 26.1. The van der Waals surface area contributed by atoms with Crippen LogP contribution >= 0.6 is 0 Å². The van der Waals surface area contributed by atoms with E-state index in [4.69, 9.17) is 0 Å². The largest absolute Gasteiger partial charge is 0.392 e. The topological polar surface area (TPSA) is 81.6 Å². The van der Waals surface area contributed by atoms with Crippen molar-refractivity contribution in [2.75, 3.05) is 13.1 Å². The van der Waals surface area contributed by atoms with Gasteiger partial charge in [-0.1, -0.05) is 75.4 Å². The van der Waals surface area contributed by atoms with Gasteiger partial charge in [0, 0.05) is 19.0 Å². The lowest BCUT2D eigenvalue weighted by atomic mass is 9.92. The van der Waals surface area contributed by atoms with Crippen molar-refractivity contribution in [1.82, 2.24) is 10.6 Å². The predicted molar refractivity (Wildman–Crippen MR) is 139 cm³/mol. The second-order valence-electron chi connectivity index (χ2n) is 11.1. The van der Waals surface area contributed by atoms with Gasteiger partial charge in [0.1, 0.15) is 5.72 Å². The number of hydrogen-bond donors (Lipinski definition) is 4. The molecule has 0 radical (unpaired) electrons. The van der Waals surface area contributed by atoms with Crippen LogP contribution in [-0.2, 0) is 24.1 Å². The molecule has 4 N–H and O–H groups in total. The Morgan fingerprint density at radius 3 is 2.03 bits per heavy atom. The molecule has 0 aliphatic heterocycles. The Balaban J connectivity index is 0.000000371. The molecule has 0 bridgehead atoms. The fraction of sp³-hybridized carbons (Fsp3) is 0.552. The van der Waals surface area contributed by atoms with E-state index in [1.807, 2.05) is 30.3 Å². The predicted octanol–water partition coefficient (Wildman–Crippen LogP) is 4.25. The van der Waals surface area contributed by atoms with Crippen molar-refractivity contribution in [3.05, 3.63) is 71.3 Å². The van der Waals surface area contributed by atoms with Crippen LogP contribution in [0.2, 0.25) is 0 Å². The molecule has 3 rings (SSSR count). The molecule has 0 saturated carbocycles. The van der Waals surface area contributed by atoms with Crippen LogP contribution < -0.4 is 10.6 Å². The molecule has 0 saturated heterocycles. The molecular formula is C29H44N2O3. The van der Waals surface area contributed by atoms with Gasteiger partial charge in [-0.15, -0.1) is 0 Å². The van der Waals surface area contributed by atoms with E-state index in [1.165, 1.54) is 33.1 Å². The average molecular weight is 469 g/mol. The minimum absolute atomic E-state index is 0.140. The standard InChI is InChI=1S/C20H34N2O3.C9H10/c1-19(2,3)14-21-13-17(23)12-16(18(24)22-20(4,5)25)11-15-9-7-6-8-10-15;1-2-5-9-7-3-6-8(9)4-1/h6-10,16-17,21,23,25H,11-14H2,1-5H3,(H,22,24);1-2,4-5H,3,6-7H2/t16-,17+;/m1./s1. The number of carbonyl (C=O) groups excluding carboxylic acids is 1. The molecule has 1 aliphatic carbocycles. The minimum Gasteiger partial charge on any atom is -0.392 e. The number of benzene rings is 2. The van der Waals surface area contributed by atoms with E-state index in [2.05, 4.69) is 55.7 Å². The van der Waals surface area contributed by atoms with Gasteiger partial charge < -0.3 is 20.8 Å². The Labute approximate surface area is 206 Å². The number of hydrogen-bond acceptors (Lipinski definition) is 4. The van der Waals surface area contributed by atoms with E-state index in [-0.39, 0.29) is 11.3 Å². The lowest BCUT2D eigenvalue weighted by Gasteiger charge is -2.26. The zero-order valence-electron chi connectivity index (χ0n) is 21.6. The lowest BCUT2D eigenvalue weighted by Crippen LogP contribution is -2.47. The molecule has 0 fully saturated rings. The smallest absolute Gasteiger partial charge is 0.225 e. The first-order valence-corrected chi connectivity index (χ1v) is 12.5. The molecule has 5 heteroatoms. The second-order valence-corrected chi connectivity index (χ2v) is 11.1. The molecule has 0 unspecified atom stereocenters. The molecule has 34 heavy (non-hydrogen) atoms. The monoisotopic (exact) mass is 468 g/mol. The number of aryl methyl sites for hydroxylation is 2. The number of aliphatic hydroxyl groups is 2. The Kier molecular flexibility index (Phi) is 10.7. The summed E-state index contributed by atoms with van der Waals surface area (Å²) in [6.45, 7) is 10.7. The summed E-state index contributed by atoms with van der Waals surface area (Å²) in [4.78, 5) is 12.5. The van der Waals surface area contributed by atoms with E-state index < -0.39 is 17.7 Å². The Bertz CT molecular complexity index is 846. The first-order chi connectivity index (χ1) is 15.9. The first-order valence-electron chi connectivity index (χ1n) is 12.5. The van der Waals surface area contributed by atoms with Crippen LogP contribution in [0.4, 0.5) is 0 Å². The van der Waals surface area contributed by atoms with Gasteiger partial charge >= 0.3 is 0 Å². The summed E-state index contributed by atoms with van der Waals surface area (Å²) < 4.78 is 0. The maximum atomic E-state index is 12.5. The zero-order valence-corrected chi connectivity index (χ0v) is 21.6. The van der Waals surface area contributed by atoms with Gasteiger partial charge in [0.25, 0.3) is 0 Å². The molecule has 2 aromatic carbocycles. The summed E-state index contributed by atoms with van der Waals surface area (Å²) in [5.74, 6) is -0.647. The van der Waals surface area contributed by atoms with Crippen LogP contribution in [0.3, 0.4) is 0 Å². The van der Waals surface area contributed by atoms with Crippen LogP contribution in [-0.4, -0.2) is 41.0 Å². The molecule has 5 nitrogen and oxygen atoms in total. The average Bonchev–Trinajstić information content (AvgIpc) is 3.21. The maximum absolute atomic E-state index is 12.5. The number of nitrogens with one attached hydrogen (secondary N) is 2. The first kappa shape index (κ1) is 28.0. The van der Waals surface area contributed by atoms with Crippen molar-refractivity contribution >= 4 is 5.91 Å². The third kappa shape index (κ3) is 11.3. The van der Waals surface area contributed by atoms with Crippen molar-refractivity contribution < 1.29 is 15.0 Å². The molecule has 1 aliphatic rings. The zero-order chi connectivity index (χ0) is 25.2. The SMILES string of the molecule is CC(C)(C)CNC[C@@H](O)C[C@@H](Cc1ccccc1)C(=O)NC(C)(C)O.c1ccc2c(c1)CCC2. The summed E-state index contributed by atoms with van der Waals surface area (Å²) >= 11 is 0. The highest BCUT2D eigenvalue weighted by Gasteiger charge is 2.26. The molecular weight excluding hydrogens is 424 g/mol. The lowest BCUT2D eigenvalue weighted by molar-refractivity contribution is -0.132. The highest BCUT2D eigenvalue weighted by Crippen LogP contribution is 2.20. The highest BCUT2D eigenvalue weighted by atomic mass is 16.3.